The summed E-state index contributed by atoms with van der Waals surface area (Å²) in [6, 6.07) is 5.23. The lowest BCUT2D eigenvalue weighted by atomic mass is 10.1. The van der Waals surface area contributed by atoms with Crippen molar-refractivity contribution in [2.75, 3.05) is 44.6 Å². The molecule has 0 aromatic heterocycles. The molecule has 3 aliphatic heterocycles. The molecule has 3 fully saturated rings. The van der Waals surface area contributed by atoms with Gasteiger partial charge in [0.25, 0.3) is 0 Å². The first-order valence-corrected chi connectivity index (χ1v) is 7.84. The second kappa shape index (κ2) is 6.40. The van der Waals surface area contributed by atoms with Gasteiger partial charge in [0.15, 0.2) is 0 Å². The quantitative estimate of drug-likeness (QED) is 0.893. The fraction of sp³-hybridized carbons (Fsp3) is 0.500. The van der Waals surface area contributed by atoms with Crippen LogP contribution in [0.3, 0.4) is 0 Å². The zero-order valence-corrected chi connectivity index (χ0v) is 13.1. The average molecular weight is 329 g/mol. The molecule has 2 bridgehead atoms. The summed E-state index contributed by atoms with van der Waals surface area (Å²) in [5, 5.41) is 6.60. The van der Waals surface area contributed by atoms with Crippen LogP contribution >= 0.6 is 23.2 Å². The minimum Gasteiger partial charge on any atom is -0.336 e. The van der Waals surface area contributed by atoms with Gasteiger partial charge in [-0.15, -0.1) is 0 Å². The van der Waals surface area contributed by atoms with E-state index in [-0.39, 0.29) is 6.03 Å². The molecule has 1 aromatic carbocycles. The SMILES string of the molecule is O=C(NCC1CN2CCN1CC2)Nc1ccc(Cl)c(Cl)c1. The number of carbonyl (C=O) groups is 1. The first-order valence-electron chi connectivity index (χ1n) is 7.08. The van der Waals surface area contributed by atoms with Gasteiger partial charge in [-0.2, -0.15) is 0 Å². The summed E-state index contributed by atoms with van der Waals surface area (Å²) in [4.78, 5) is 16.8. The lowest BCUT2D eigenvalue weighted by Crippen LogP contribution is -2.63. The molecule has 0 spiro atoms. The number of anilines is 1. The largest absolute Gasteiger partial charge is 0.336 e. The standard InChI is InChI=1S/C14H18Cl2N4O/c15-12-2-1-10(7-13(12)16)18-14(21)17-8-11-9-19-3-5-20(11)6-4-19/h1-2,7,11H,3-6,8-9H2,(H2,17,18,21). The number of fused-ring (bicyclic) bond motifs is 3. The summed E-state index contributed by atoms with van der Waals surface area (Å²) in [7, 11) is 0. The maximum absolute atomic E-state index is 11.9. The summed E-state index contributed by atoms with van der Waals surface area (Å²) in [5.74, 6) is 0. The summed E-state index contributed by atoms with van der Waals surface area (Å²) in [5.41, 5.74) is 0.635. The molecule has 3 aliphatic rings. The Morgan fingerprint density at radius 3 is 2.57 bits per heavy atom. The summed E-state index contributed by atoms with van der Waals surface area (Å²) in [6.45, 7) is 6.18. The fourth-order valence-electron chi connectivity index (χ4n) is 2.88. The van der Waals surface area contributed by atoms with Gasteiger partial charge in [0, 0.05) is 51.0 Å². The topological polar surface area (TPSA) is 47.6 Å². The first-order chi connectivity index (χ1) is 10.1. The van der Waals surface area contributed by atoms with Crippen molar-refractivity contribution < 1.29 is 4.79 Å². The number of nitrogens with zero attached hydrogens (tertiary/aromatic N) is 2. The molecule has 0 aliphatic carbocycles. The van der Waals surface area contributed by atoms with Gasteiger partial charge in [-0.05, 0) is 18.2 Å². The molecule has 3 saturated heterocycles. The predicted octanol–water partition coefficient (Wildman–Crippen LogP) is 2.11. The Kier molecular flexibility index (Phi) is 4.54. The van der Waals surface area contributed by atoms with Crippen molar-refractivity contribution in [2.24, 2.45) is 0 Å². The van der Waals surface area contributed by atoms with Crippen molar-refractivity contribution in [3.05, 3.63) is 28.2 Å². The number of rotatable bonds is 3. The van der Waals surface area contributed by atoms with Gasteiger partial charge in [-0.1, -0.05) is 23.2 Å². The summed E-state index contributed by atoms with van der Waals surface area (Å²) < 4.78 is 0. The molecule has 7 heteroatoms. The Morgan fingerprint density at radius 1 is 1.19 bits per heavy atom. The van der Waals surface area contributed by atoms with Gasteiger partial charge in [-0.3, -0.25) is 9.80 Å². The molecule has 3 heterocycles. The summed E-state index contributed by atoms with van der Waals surface area (Å²) in [6.07, 6.45) is 0. The molecule has 0 saturated carbocycles. The van der Waals surface area contributed by atoms with E-state index >= 15 is 0 Å². The van der Waals surface area contributed by atoms with Crippen LogP contribution in [-0.4, -0.2) is 61.1 Å². The molecule has 2 amide bonds. The Hall–Kier alpha value is -1.01. The van der Waals surface area contributed by atoms with Crippen LogP contribution in [0, 0.1) is 0 Å². The van der Waals surface area contributed by atoms with Crippen LogP contribution in [0.5, 0.6) is 0 Å². The van der Waals surface area contributed by atoms with Gasteiger partial charge in [-0.25, -0.2) is 4.79 Å². The fourth-order valence-corrected chi connectivity index (χ4v) is 3.18. The molecular weight excluding hydrogens is 311 g/mol. The zero-order chi connectivity index (χ0) is 14.8. The molecule has 0 radical (unpaired) electrons. The van der Waals surface area contributed by atoms with E-state index in [2.05, 4.69) is 20.4 Å². The van der Waals surface area contributed by atoms with E-state index in [4.69, 9.17) is 23.2 Å². The van der Waals surface area contributed by atoms with Crippen LogP contribution in [0.15, 0.2) is 18.2 Å². The highest BCUT2D eigenvalue weighted by Crippen LogP contribution is 2.24. The number of urea groups is 1. The average Bonchev–Trinajstić information content (AvgIpc) is 2.50. The van der Waals surface area contributed by atoms with Crippen LogP contribution in [0.2, 0.25) is 10.0 Å². The van der Waals surface area contributed by atoms with Gasteiger partial charge in [0.2, 0.25) is 0 Å². The molecule has 2 N–H and O–H groups in total. The highest BCUT2D eigenvalue weighted by molar-refractivity contribution is 6.42. The Bertz CT molecular complexity index is 532. The smallest absolute Gasteiger partial charge is 0.319 e. The van der Waals surface area contributed by atoms with Gasteiger partial charge >= 0.3 is 6.03 Å². The molecule has 1 aromatic rings. The van der Waals surface area contributed by atoms with Crippen molar-refractivity contribution in [3.63, 3.8) is 0 Å². The van der Waals surface area contributed by atoms with Gasteiger partial charge < -0.3 is 10.6 Å². The summed E-state index contributed by atoms with van der Waals surface area (Å²) >= 11 is 11.8. The third kappa shape index (κ3) is 3.61. The Labute approximate surface area is 134 Å². The molecule has 5 nitrogen and oxygen atoms in total. The number of carbonyl (C=O) groups excluding carboxylic acids is 1. The maximum atomic E-state index is 11.9. The third-order valence-electron chi connectivity index (χ3n) is 4.07. The first kappa shape index (κ1) is 14.9. The van der Waals surface area contributed by atoms with Crippen molar-refractivity contribution in [2.45, 2.75) is 6.04 Å². The van der Waals surface area contributed by atoms with E-state index in [1.807, 2.05) is 0 Å². The van der Waals surface area contributed by atoms with E-state index in [9.17, 15) is 4.79 Å². The number of halogens is 2. The third-order valence-corrected chi connectivity index (χ3v) is 4.81. The van der Waals surface area contributed by atoms with Crippen LogP contribution in [-0.2, 0) is 0 Å². The van der Waals surface area contributed by atoms with Crippen LogP contribution in [0.4, 0.5) is 10.5 Å². The monoisotopic (exact) mass is 328 g/mol. The number of benzene rings is 1. The Morgan fingerprint density at radius 2 is 1.95 bits per heavy atom. The van der Waals surface area contributed by atoms with E-state index < -0.39 is 0 Å². The van der Waals surface area contributed by atoms with Crippen molar-refractivity contribution in [3.8, 4) is 0 Å². The number of amides is 2. The van der Waals surface area contributed by atoms with Crippen molar-refractivity contribution in [1.29, 1.82) is 0 Å². The number of hydrogen-bond donors (Lipinski definition) is 2. The number of hydrogen-bond acceptors (Lipinski definition) is 3. The second-order valence-electron chi connectivity index (χ2n) is 5.45. The van der Waals surface area contributed by atoms with E-state index in [0.717, 1.165) is 32.7 Å². The number of piperazine rings is 3. The van der Waals surface area contributed by atoms with Crippen LogP contribution in [0.25, 0.3) is 0 Å². The maximum Gasteiger partial charge on any atom is 0.319 e. The lowest BCUT2D eigenvalue weighted by Gasteiger charge is -2.47. The van der Waals surface area contributed by atoms with Crippen LogP contribution < -0.4 is 10.6 Å². The Balaban J connectivity index is 1.49. The highest BCUT2D eigenvalue weighted by atomic mass is 35.5. The van der Waals surface area contributed by atoms with Crippen molar-refractivity contribution in [1.82, 2.24) is 15.1 Å². The molecule has 4 rings (SSSR count). The van der Waals surface area contributed by atoms with Crippen molar-refractivity contribution >= 4 is 34.9 Å². The van der Waals surface area contributed by atoms with Gasteiger partial charge in [0.05, 0.1) is 10.0 Å². The van der Waals surface area contributed by atoms with E-state index in [1.54, 1.807) is 18.2 Å². The van der Waals surface area contributed by atoms with Gasteiger partial charge in [0.1, 0.15) is 0 Å². The molecule has 1 unspecified atom stereocenters. The zero-order valence-electron chi connectivity index (χ0n) is 11.6. The van der Waals surface area contributed by atoms with Crippen LogP contribution in [0.1, 0.15) is 0 Å². The van der Waals surface area contributed by atoms with E-state index in [1.165, 1.54) is 0 Å². The molecule has 1 atom stereocenters. The highest BCUT2D eigenvalue weighted by Gasteiger charge is 2.31. The molecule has 114 valence electrons. The second-order valence-corrected chi connectivity index (χ2v) is 6.27. The normalized spacial score (nSPS) is 27.4. The minimum absolute atomic E-state index is 0.217. The predicted molar refractivity (Wildman–Crippen MR) is 85.3 cm³/mol. The molecular formula is C14H18Cl2N4O. The lowest BCUT2D eigenvalue weighted by molar-refractivity contribution is 0.0149. The number of nitrogens with one attached hydrogen (secondary N) is 2. The van der Waals surface area contributed by atoms with E-state index in [0.29, 0.717) is 28.3 Å². The molecule has 21 heavy (non-hydrogen) atoms. The minimum atomic E-state index is -0.217.